The number of aromatic amines is 1. The van der Waals surface area contributed by atoms with Gasteiger partial charge in [0.05, 0.1) is 16.3 Å². The van der Waals surface area contributed by atoms with Crippen LogP contribution in [0.3, 0.4) is 0 Å². The minimum atomic E-state index is -0.426. The van der Waals surface area contributed by atoms with Gasteiger partial charge < -0.3 is 4.98 Å². The van der Waals surface area contributed by atoms with Crippen LogP contribution in [0, 0.1) is 10.1 Å². The number of nitrogens with one attached hydrogen (secondary N) is 2. The minimum absolute atomic E-state index is 0.0582. The van der Waals surface area contributed by atoms with Gasteiger partial charge in [0.25, 0.3) is 5.69 Å². The molecule has 0 fully saturated rings. The lowest BCUT2D eigenvalue weighted by molar-refractivity contribution is -0.384. The van der Waals surface area contributed by atoms with E-state index in [0.29, 0.717) is 5.69 Å². The number of aromatic nitrogens is 1. The van der Waals surface area contributed by atoms with Crippen LogP contribution in [0.25, 0.3) is 10.9 Å². The van der Waals surface area contributed by atoms with Gasteiger partial charge in [-0.05, 0) is 25.1 Å². The Labute approximate surface area is 126 Å². The first-order valence-corrected chi connectivity index (χ1v) is 6.76. The van der Waals surface area contributed by atoms with Gasteiger partial charge in [-0.2, -0.15) is 5.10 Å². The summed E-state index contributed by atoms with van der Waals surface area (Å²) in [5, 5.41) is 16.1. The highest BCUT2D eigenvalue weighted by Gasteiger charge is 2.06. The van der Waals surface area contributed by atoms with Gasteiger partial charge in [-0.1, -0.05) is 18.2 Å². The molecule has 0 radical (unpaired) electrons. The molecule has 0 unspecified atom stereocenters. The SMILES string of the molecule is C/C(=N\Nc1ccc([N+](=O)[O-])cc1)c1c[nH]c2ccccc12. The predicted octanol–water partition coefficient (Wildman–Crippen LogP) is 3.91. The van der Waals surface area contributed by atoms with Crippen LogP contribution >= 0.6 is 0 Å². The summed E-state index contributed by atoms with van der Waals surface area (Å²) in [7, 11) is 0. The van der Waals surface area contributed by atoms with Crippen molar-refractivity contribution in [3.63, 3.8) is 0 Å². The predicted molar refractivity (Wildman–Crippen MR) is 87.2 cm³/mol. The van der Waals surface area contributed by atoms with Gasteiger partial charge in [-0.3, -0.25) is 15.5 Å². The Balaban J connectivity index is 1.81. The third-order valence-corrected chi connectivity index (χ3v) is 3.41. The van der Waals surface area contributed by atoms with Gasteiger partial charge in [0.15, 0.2) is 0 Å². The number of non-ortho nitro benzene ring substituents is 1. The zero-order valence-electron chi connectivity index (χ0n) is 11.9. The molecule has 0 amide bonds. The number of nitro groups is 1. The Kier molecular flexibility index (Phi) is 3.57. The molecule has 0 saturated heterocycles. The molecule has 0 aliphatic rings. The molecular weight excluding hydrogens is 280 g/mol. The second-order valence-electron chi connectivity index (χ2n) is 4.86. The van der Waals surface area contributed by atoms with Crippen LogP contribution in [0.2, 0.25) is 0 Å². The van der Waals surface area contributed by atoms with E-state index in [1.54, 1.807) is 12.1 Å². The molecule has 0 aliphatic heterocycles. The molecule has 0 aliphatic carbocycles. The van der Waals surface area contributed by atoms with Crippen LogP contribution in [0.15, 0.2) is 59.8 Å². The number of fused-ring (bicyclic) bond motifs is 1. The van der Waals surface area contributed by atoms with Crippen LogP contribution in [0.1, 0.15) is 12.5 Å². The van der Waals surface area contributed by atoms with E-state index in [4.69, 9.17) is 0 Å². The highest BCUT2D eigenvalue weighted by Crippen LogP contribution is 2.19. The number of benzene rings is 2. The molecule has 2 N–H and O–H groups in total. The Morgan fingerprint density at radius 3 is 2.64 bits per heavy atom. The number of hydrogen-bond donors (Lipinski definition) is 2. The van der Waals surface area contributed by atoms with Crippen molar-refractivity contribution in [3.8, 4) is 0 Å². The van der Waals surface area contributed by atoms with Gasteiger partial charge >= 0.3 is 0 Å². The summed E-state index contributed by atoms with van der Waals surface area (Å²) in [5.41, 5.74) is 6.58. The van der Waals surface area contributed by atoms with Gasteiger partial charge in [-0.15, -0.1) is 0 Å². The maximum atomic E-state index is 10.6. The molecule has 0 bridgehead atoms. The number of nitro benzene ring substituents is 1. The molecular formula is C16H14N4O2. The monoisotopic (exact) mass is 294 g/mol. The molecule has 22 heavy (non-hydrogen) atoms. The number of para-hydroxylation sites is 1. The lowest BCUT2D eigenvalue weighted by atomic mass is 10.1. The standard InChI is InChI=1S/C16H14N4O2/c1-11(15-10-17-16-5-3-2-4-14(15)16)18-19-12-6-8-13(9-7-12)20(21)22/h2-10,17,19H,1H3/b18-11+. The number of anilines is 1. The summed E-state index contributed by atoms with van der Waals surface area (Å²) in [5.74, 6) is 0. The fourth-order valence-corrected chi connectivity index (χ4v) is 2.24. The normalized spacial score (nSPS) is 11.6. The molecule has 1 aromatic heterocycles. The van der Waals surface area contributed by atoms with Crippen molar-refractivity contribution in [3.05, 3.63) is 70.4 Å². The molecule has 0 spiro atoms. The molecule has 6 nitrogen and oxygen atoms in total. The van der Waals surface area contributed by atoms with Crippen molar-refractivity contribution >= 4 is 28.0 Å². The molecule has 1 heterocycles. The van der Waals surface area contributed by atoms with E-state index >= 15 is 0 Å². The minimum Gasteiger partial charge on any atom is -0.360 e. The van der Waals surface area contributed by atoms with Gasteiger partial charge in [-0.25, -0.2) is 0 Å². The van der Waals surface area contributed by atoms with Gasteiger partial charge in [0.1, 0.15) is 0 Å². The molecule has 3 aromatic rings. The summed E-state index contributed by atoms with van der Waals surface area (Å²) in [6.45, 7) is 1.91. The third kappa shape index (κ3) is 2.67. The second kappa shape index (κ2) is 5.69. The topological polar surface area (TPSA) is 83.3 Å². The van der Waals surface area contributed by atoms with Crippen LogP contribution in [-0.2, 0) is 0 Å². The largest absolute Gasteiger partial charge is 0.360 e. The number of nitrogens with zero attached hydrogens (tertiary/aromatic N) is 2. The van der Waals surface area contributed by atoms with Crippen LogP contribution in [0.5, 0.6) is 0 Å². The zero-order chi connectivity index (χ0) is 15.5. The quantitative estimate of drug-likeness (QED) is 0.434. The van der Waals surface area contributed by atoms with Crippen molar-refractivity contribution in [2.75, 3.05) is 5.43 Å². The molecule has 110 valence electrons. The first-order chi connectivity index (χ1) is 10.6. The van der Waals surface area contributed by atoms with E-state index < -0.39 is 4.92 Å². The van der Waals surface area contributed by atoms with E-state index in [1.807, 2.05) is 37.4 Å². The highest BCUT2D eigenvalue weighted by molar-refractivity contribution is 6.09. The number of H-pyrrole nitrogens is 1. The number of hydrazone groups is 1. The fourth-order valence-electron chi connectivity index (χ4n) is 2.24. The lowest BCUT2D eigenvalue weighted by Gasteiger charge is -2.02. The fraction of sp³-hybridized carbons (Fsp3) is 0.0625. The van der Waals surface area contributed by atoms with E-state index in [1.165, 1.54) is 12.1 Å². The molecule has 2 aromatic carbocycles. The molecule has 3 rings (SSSR count). The summed E-state index contributed by atoms with van der Waals surface area (Å²) in [4.78, 5) is 13.4. The summed E-state index contributed by atoms with van der Waals surface area (Å²) in [6.07, 6.45) is 1.92. The van der Waals surface area contributed by atoms with E-state index in [-0.39, 0.29) is 5.69 Å². The third-order valence-electron chi connectivity index (χ3n) is 3.41. The van der Waals surface area contributed by atoms with E-state index in [2.05, 4.69) is 15.5 Å². The average molecular weight is 294 g/mol. The Morgan fingerprint density at radius 2 is 1.91 bits per heavy atom. The molecule has 6 heteroatoms. The molecule has 0 saturated carbocycles. The van der Waals surface area contributed by atoms with Crippen molar-refractivity contribution < 1.29 is 4.92 Å². The van der Waals surface area contributed by atoms with Crippen molar-refractivity contribution in [1.82, 2.24) is 4.98 Å². The number of rotatable bonds is 4. The van der Waals surface area contributed by atoms with Gasteiger partial charge in [0, 0.05) is 34.8 Å². The van der Waals surface area contributed by atoms with Crippen molar-refractivity contribution in [1.29, 1.82) is 0 Å². The van der Waals surface area contributed by atoms with Crippen LogP contribution in [-0.4, -0.2) is 15.6 Å². The lowest BCUT2D eigenvalue weighted by Crippen LogP contribution is -1.99. The Hall–Kier alpha value is -3.15. The first kappa shape index (κ1) is 13.8. The maximum absolute atomic E-state index is 10.6. The summed E-state index contributed by atoms with van der Waals surface area (Å²) >= 11 is 0. The van der Waals surface area contributed by atoms with Crippen LogP contribution < -0.4 is 5.43 Å². The number of hydrogen-bond acceptors (Lipinski definition) is 4. The van der Waals surface area contributed by atoms with Crippen molar-refractivity contribution in [2.45, 2.75) is 6.92 Å². The smallest absolute Gasteiger partial charge is 0.269 e. The second-order valence-corrected chi connectivity index (χ2v) is 4.86. The summed E-state index contributed by atoms with van der Waals surface area (Å²) < 4.78 is 0. The first-order valence-electron chi connectivity index (χ1n) is 6.76. The van der Waals surface area contributed by atoms with Crippen molar-refractivity contribution in [2.24, 2.45) is 5.10 Å². The molecule has 0 atom stereocenters. The van der Waals surface area contributed by atoms with Gasteiger partial charge in [0.2, 0.25) is 0 Å². The highest BCUT2D eigenvalue weighted by atomic mass is 16.6. The summed E-state index contributed by atoms with van der Waals surface area (Å²) in [6, 6.07) is 14.1. The Bertz CT molecular complexity index is 850. The zero-order valence-corrected chi connectivity index (χ0v) is 11.9. The van der Waals surface area contributed by atoms with E-state index in [9.17, 15) is 10.1 Å². The Morgan fingerprint density at radius 1 is 1.18 bits per heavy atom. The maximum Gasteiger partial charge on any atom is 0.269 e. The van der Waals surface area contributed by atoms with E-state index in [0.717, 1.165) is 22.2 Å². The van der Waals surface area contributed by atoms with Crippen LogP contribution in [0.4, 0.5) is 11.4 Å². The average Bonchev–Trinajstić information content (AvgIpc) is 2.97.